The standard InChI is InChI=1S/C21H23F3N2O2S/c1-4-14(5-2)25-20(27)12-26-18-9-6-13(21(22,23)24)10-17(18)16-8-7-15(28-3)11-19(16)29-26/h6-11,14H,4-5,12H2,1-3H3,(H,25,27). The van der Waals surface area contributed by atoms with Gasteiger partial charge in [0.15, 0.2) is 0 Å². The number of carbonyl (C=O) groups excluding carboxylic acids is 1. The molecule has 0 aromatic heterocycles. The number of rotatable bonds is 6. The van der Waals surface area contributed by atoms with Crippen molar-refractivity contribution in [3.8, 4) is 16.9 Å². The minimum Gasteiger partial charge on any atom is -0.497 e. The number of alkyl halides is 3. The summed E-state index contributed by atoms with van der Waals surface area (Å²) in [5.41, 5.74) is 1.01. The van der Waals surface area contributed by atoms with Crippen molar-refractivity contribution in [2.24, 2.45) is 0 Å². The molecule has 0 spiro atoms. The van der Waals surface area contributed by atoms with E-state index in [9.17, 15) is 18.0 Å². The molecule has 0 fully saturated rings. The molecular formula is C21H23F3N2O2S. The van der Waals surface area contributed by atoms with E-state index in [0.29, 0.717) is 22.6 Å². The molecule has 0 bridgehead atoms. The molecule has 1 heterocycles. The maximum absolute atomic E-state index is 13.3. The largest absolute Gasteiger partial charge is 0.497 e. The quantitative estimate of drug-likeness (QED) is 0.621. The van der Waals surface area contributed by atoms with Crippen LogP contribution in [0.1, 0.15) is 32.3 Å². The summed E-state index contributed by atoms with van der Waals surface area (Å²) in [5, 5.41) is 2.98. The summed E-state index contributed by atoms with van der Waals surface area (Å²) in [6.45, 7) is 4.04. The maximum Gasteiger partial charge on any atom is 0.416 e. The highest BCUT2D eigenvalue weighted by Crippen LogP contribution is 2.48. The number of nitrogens with one attached hydrogen (secondary N) is 1. The van der Waals surface area contributed by atoms with E-state index in [4.69, 9.17) is 4.74 Å². The summed E-state index contributed by atoms with van der Waals surface area (Å²) in [6, 6.07) is 8.96. The molecule has 1 N–H and O–H groups in total. The van der Waals surface area contributed by atoms with Crippen molar-refractivity contribution in [3.63, 3.8) is 0 Å². The Balaban J connectivity index is 1.99. The van der Waals surface area contributed by atoms with E-state index >= 15 is 0 Å². The fourth-order valence-corrected chi connectivity index (χ4v) is 4.38. The Morgan fingerprint density at radius 3 is 2.48 bits per heavy atom. The zero-order valence-electron chi connectivity index (χ0n) is 16.5. The first-order valence-electron chi connectivity index (χ1n) is 9.41. The average Bonchev–Trinajstić information content (AvgIpc) is 2.70. The molecule has 0 saturated carbocycles. The molecule has 1 aliphatic rings. The summed E-state index contributed by atoms with van der Waals surface area (Å²) < 4.78 is 46.8. The zero-order chi connectivity index (χ0) is 21.2. The van der Waals surface area contributed by atoms with Gasteiger partial charge >= 0.3 is 6.18 Å². The number of carbonyl (C=O) groups is 1. The zero-order valence-corrected chi connectivity index (χ0v) is 17.3. The van der Waals surface area contributed by atoms with Crippen LogP contribution in [0.3, 0.4) is 0 Å². The molecule has 4 nitrogen and oxygen atoms in total. The van der Waals surface area contributed by atoms with Crippen LogP contribution in [-0.4, -0.2) is 25.6 Å². The molecule has 0 aliphatic carbocycles. The number of hydrogen-bond acceptors (Lipinski definition) is 4. The number of anilines is 1. The monoisotopic (exact) mass is 424 g/mol. The fourth-order valence-electron chi connectivity index (χ4n) is 3.26. The minimum absolute atomic E-state index is 0.0379. The second-order valence-corrected chi connectivity index (χ2v) is 7.86. The van der Waals surface area contributed by atoms with Gasteiger partial charge in [-0.3, -0.25) is 4.79 Å². The van der Waals surface area contributed by atoms with Gasteiger partial charge in [0.05, 0.1) is 18.4 Å². The Hall–Kier alpha value is -2.35. The molecule has 29 heavy (non-hydrogen) atoms. The van der Waals surface area contributed by atoms with Gasteiger partial charge in [0.25, 0.3) is 0 Å². The van der Waals surface area contributed by atoms with E-state index in [1.165, 1.54) is 25.1 Å². The normalized spacial score (nSPS) is 13.1. The molecule has 0 saturated heterocycles. The number of hydrogen-bond donors (Lipinski definition) is 1. The van der Waals surface area contributed by atoms with Crippen LogP contribution in [-0.2, 0) is 11.0 Å². The summed E-state index contributed by atoms with van der Waals surface area (Å²) in [5.74, 6) is 0.441. The fraction of sp³-hybridized carbons (Fsp3) is 0.381. The smallest absolute Gasteiger partial charge is 0.416 e. The third kappa shape index (κ3) is 4.63. The molecule has 2 aromatic carbocycles. The minimum atomic E-state index is -4.44. The molecular weight excluding hydrogens is 401 g/mol. The van der Waals surface area contributed by atoms with E-state index in [1.807, 2.05) is 13.8 Å². The van der Waals surface area contributed by atoms with Crippen molar-refractivity contribution in [3.05, 3.63) is 42.0 Å². The second kappa shape index (κ2) is 8.57. The van der Waals surface area contributed by atoms with Gasteiger partial charge in [-0.25, -0.2) is 0 Å². The van der Waals surface area contributed by atoms with E-state index in [0.717, 1.165) is 29.9 Å². The third-order valence-corrected chi connectivity index (χ3v) is 6.00. The summed E-state index contributed by atoms with van der Waals surface area (Å²) in [6.07, 6.45) is -2.80. The Kier molecular flexibility index (Phi) is 6.31. The van der Waals surface area contributed by atoms with Crippen LogP contribution in [0.25, 0.3) is 11.1 Å². The molecule has 0 radical (unpaired) electrons. The number of fused-ring (bicyclic) bond motifs is 3. The molecule has 1 amide bonds. The highest BCUT2D eigenvalue weighted by molar-refractivity contribution is 8.01. The predicted molar refractivity (Wildman–Crippen MR) is 109 cm³/mol. The van der Waals surface area contributed by atoms with Gasteiger partial charge in [-0.15, -0.1) is 0 Å². The number of halogens is 3. The highest BCUT2D eigenvalue weighted by atomic mass is 32.2. The number of benzene rings is 2. The Labute approximate surface area is 172 Å². The molecule has 156 valence electrons. The lowest BCUT2D eigenvalue weighted by molar-refractivity contribution is -0.137. The van der Waals surface area contributed by atoms with Gasteiger partial charge in [0, 0.05) is 16.5 Å². The van der Waals surface area contributed by atoms with Crippen molar-refractivity contribution >= 4 is 23.5 Å². The van der Waals surface area contributed by atoms with Crippen molar-refractivity contribution in [1.29, 1.82) is 0 Å². The highest BCUT2D eigenvalue weighted by Gasteiger charge is 2.33. The first-order valence-corrected chi connectivity index (χ1v) is 10.2. The number of ether oxygens (including phenoxy) is 1. The van der Waals surface area contributed by atoms with Gasteiger partial charge in [0.2, 0.25) is 5.91 Å². The lowest BCUT2D eigenvalue weighted by Gasteiger charge is -2.32. The van der Waals surface area contributed by atoms with Crippen LogP contribution >= 0.6 is 11.9 Å². The van der Waals surface area contributed by atoms with Crippen molar-refractivity contribution < 1.29 is 22.7 Å². The average molecular weight is 424 g/mol. The second-order valence-electron chi connectivity index (χ2n) is 6.80. The summed E-state index contributed by atoms with van der Waals surface area (Å²) in [7, 11) is 1.53. The Bertz CT molecular complexity index is 898. The summed E-state index contributed by atoms with van der Waals surface area (Å²) in [4.78, 5) is 13.3. The third-order valence-electron chi connectivity index (χ3n) is 4.92. The number of methoxy groups -OCH3 is 1. The first-order chi connectivity index (χ1) is 13.8. The van der Waals surface area contributed by atoms with Crippen LogP contribution < -0.4 is 14.4 Å². The Morgan fingerprint density at radius 1 is 1.14 bits per heavy atom. The SMILES string of the molecule is CCC(CC)NC(=O)CN1Sc2cc(OC)ccc2-c2cc(C(F)(F)F)ccc21. The molecule has 0 unspecified atom stereocenters. The molecule has 3 rings (SSSR count). The molecule has 2 aromatic rings. The number of amides is 1. The van der Waals surface area contributed by atoms with Gasteiger partial charge in [-0.2, -0.15) is 13.2 Å². The molecule has 0 atom stereocenters. The van der Waals surface area contributed by atoms with Crippen molar-refractivity contribution in [2.45, 2.75) is 43.8 Å². The van der Waals surface area contributed by atoms with Crippen molar-refractivity contribution in [1.82, 2.24) is 5.32 Å². The van der Waals surface area contributed by atoms with Gasteiger partial charge in [-0.05, 0) is 66.8 Å². The lowest BCUT2D eigenvalue weighted by Crippen LogP contribution is -2.40. The van der Waals surface area contributed by atoms with Crippen LogP contribution in [0.5, 0.6) is 5.75 Å². The van der Waals surface area contributed by atoms with Crippen molar-refractivity contribution in [2.75, 3.05) is 18.0 Å². The summed E-state index contributed by atoms with van der Waals surface area (Å²) >= 11 is 1.32. The van der Waals surface area contributed by atoms with Gasteiger partial charge < -0.3 is 14.4 Å². The van der Waals surface area contributed by atoms with Crippen LogP contribution in [0.15, 0.2) is 41.3 Å². The Morgan fingerprint density at radius 2 is 1.86 bits per heavy atom. The van der Waals surface area contributed by atoms with E-state index in [-0.39, 0.29) is 18.5 Å². The predicted octanol–water partition coefficient (Wildman–Crippen LogP) is 5.51. The first kappa shape index (κ1) is 21.4. The maximum atomic E-state index is 13.3. The number of nitrogens with zero attached hydrogens (tertiary/aromatic N) is 1. The van der Waals surface area contributed by atoms with E-state index in [1.54, 1.807) is 22.5 Å². The van der Waals surface area contributed by atoms with E-state index < -0.39 is 11.7 Å². The van der Waals surface area contributed by atoms with E-state index in [2.05, 4.69) is 5.32 Å². The van der Waals surface area contributed by atoms with Gasteiger partial charge in [0.1, 0.15) is 12.3 Å². The van der Waals surface area contributed by atoms with Crippen LogP contribution in [0, 0.1) is 0 Å². The molecule has 1 aliphatic heterocycles. The topological polar surface area (TPSA) is 41.6 Å². The van der Waals surface area contributed by atoms with Crippen LogP contribution in [0.4, 0.5) is 18.9 Å². The molecule has 8 heteroatoms. The van der Waals surface area contributed by atoms with Crippen LogP contribution in [0.2, 0.25) is 0 Å². The lowest BCUT2D eigenvalue weighted by atomic mass is 10.00. The van der Waals surface area contributed by atoms with Gasteiger partial charge in [-0.1, -0.05) is 13.8 Å².